The van der Waals surface area contributed by atoms with Gasteiger partial charge in [0, 0.05) is 5.92 Å². The van der Waals surface area contributed by atoms with Gasteiger partial charge in [-0.15, -0.1) is 0 Å². The number of esters is 1. The van der Waals surface area contributed by atoms with E-state index in [4.69, 9.17) is 10.5 Å². The maximum atomic E-state index is 11.8. The lowest BCUT2D eigenvalue weighted by Gasteiger charge is -2.22. The molecule has 0 bridgehead atoms. The van der Waals surface area contributed by atoms with E-state index in [2.05, 4.69) is 0 Å². The molecule has 1 atom stereocenters. The van der Waals surface area contributed by atoms with Crippen LogP contribution in [0.4, 0.5) is 0 Å². The van der Waals surface area contributed by atoms with Gasteiger partial charge < -0.3 is 10.5 Å². The maximum absolute atomic E-state index is 11.8. The zero-order valence-corrected chi connectivity index (χ0v) is 11.8. The molecular formula is C15H22NO3. The Morgan fingerprint density at radius 3 is 2.58 bits per heavy atom. The summed E-state index contributed by atoms with van der Waals surface area (Å²) < 4.78 is 5.29. The second-order valence-electron chi connectivity index (χ2n) is 5.61. The molecule has 4 heteroatoms. The molecular weight excluding hydrogens is 242 g/mol. The minimum absolute atomic E-state index is 0.110. The van der Waals surface area contributed by atoms with Crippen LogP contribution in [0.5, 0.6) is 0 Å². The number of nitrogens with two attached hydrogens (primary N) is 1. The van der Waals surface area contributed by atoms with Crippen molar-refractivity contribution in [2.45, 2.75) is 45.3 Å². The Hall–Kier alpha value is -1.39. The Labute approximate surface area is 114 Å². The molecule has 0 unspecified atom stereocenters. The molecule has 0 heterocycles. The number of ether oxygens (including phenoxy) is 1. The quantitative estimate of drug-likeness (QED) is 0.830. The Morgan fingerprint density at radius 1 is 1.37 bits per heavy atom. The average Bonchev–Trinajstić information content (AvgIpc) is 2.34. The van der Waals surface area contributed by atoms with E-state index in [9.17, 15) is 9.90 Å². The number of carbonyl (C=O) groups excluding carboxylic acids is 1. The zero-order valence-electron chi connectivity index (χ0n) is 11.8. The fourth-order valence-corrected chi connectivity index (χ4v) is 1.86. The Bertz CT molecular complexity index is 424. The first-order chi connectivity index (χ1) is 8.85. The van der Waals surface area contributed by atoms with Crippen molar-refractivity contribution in [1.29, 1.82) is 0 Å². The first-order valence-electron chi connectivity index (χ1n) is 6.44. The second kappa shape index (κ2) is 6.68. The van der Waals surface area contributed by atoms with Crippen LogP contribution in [0, 0.1) is 0 Å². The van der Waals surface area contributed by atoms with Gasteiger partial charge in [0.1, 0.15) is 12.2 Å². The van der Waals surface area contributed by atoms with Crippen molar-refractivity contribution in [3.05, 3.63) is 35.4 Å². The van der Waals surface area contributed by atoms with Gasteiger partial charge in [0.25, 0.3) is 0 Å². The van der Waals surface area contributed by atoms with Crippen LogP contribution in [0.2, 0.25) is 0 Å². The lowest BCUT2D eigenvalue weighted by molar-refractivity contribution is -0.155. The van der Waals surface area contributed by atoms with Crippen molar-refractivity contribution in [3.63, 3.8) is 0 Å². The highest BCUT2D eigenvalue weighted by atomic mass is 16.6. The average molecular weight is 264 g/mol. The minimum Gasteiger partial charge on any atom is -0.460 e. The van der Waals surface area contributed by atoms with Crippen LogP contribution in [-0.2, 0) is 21.2 Å². The summed E-state index contributed by atoms with van der Waals surface area (Å²) in [6, 6.07) is 7.30. The van der Waals surface area contributed by atoms with Crippen molar-refractivity contribution < 1.29 is 14.6 Å². The molecule has 2 N–H and O–H groups in total. The molecule has 1 aromatic rings. The predicted octanol–water partition coefficient (Wildman–Crippen LogP) is 2.39. The largest absolute Gasteiger partial charge is 0.460 e. The summed E-state index contributed by atoms with van der Waals surface area (Å²) in [5, 5.41) is 10.9. The lowest BCUT2D eigenvalue weighted by atomic mass is 9.94. The summed E-state index contributed by atoms with van der Waals surface area (Å²) in [4.78, 5) is 11.8. The van der Waals surface area contributed by atoms with E-state index < -0.39 is 5.60 Å². The highest BCUT2D eigenvalue weighted by Crippen LogP contribution is 2.22. The Balaban J connectivity index is 2.75. The topological polar surface area (TPSA) is 72.2 Å². The van der Waals surface area contributed by atoms with Gasteiger partial charge in [-0.2, -0.15) is 0 Å². The molecule has 0 aliphatic carbocycles. The van der Waals surface area contributed by atoms with Crippen LogP contribution in [-0.4, -0.2) is 18.1 Å². The van der Waals surface area contributed by atoms with E-state index in [1.807, 2.05) is 39.0 Å². The first kappa shape index (κ1) is 15.7. The van der Waals surface area contributed by atoms with Crippen molar-refractivity contribution in [3.8, 4) is 0 Å². The number of benzene rings is 1. The molecule has 0 saturated heterocycles. The molecule has 19 heavy (non-hydrogen) atoms. The summed E-state index contributed by atoms with van der Waals surface area (Å²) >= 11 is 0. The summed E-state index contributed by atoms with van der Waals surface area (Å²) in [6.45, 7) is 5.58. The summed E-state index contributed by atoms with van der Waals surface area (Å²) in [5.41, 5.74) is 6.86. The second-order valence-corrected chi connectivity index (χ2v) is 5.61. The van der Waals surface area contributed by atoms with Gasteiger partial charge in [-0.1, -0.05) is 24.3 Å². The van der Waals surface area contributed by atoms with Crippen LogP contribution in [0.15, 0.2) is 24.3 Å². The predicted molar refractivity (Wildman–Crippen MR) is 73.1 cm³/mol. The molecule has 105 valence electrons. The number of hydrogen-bond acceptors (Lipinski definition) is 3. The molecule has 0 saturated carbocycles. The van der Waals surface area contributed by atoms with Gasteiger partial charge >= 0.3 is 5.97 Å². The number of carbonyl (C=O) groups is 1. The summed E-state index contributed by atoms with van der Waals surface area (Å²) in [5.74, 6) is -0.378. The van der Waals surface area contributed by atoms with Crippen molar-refractivity contribution in [1.82, 2.24) is 0 Å². The summed E-state index contributed by atoms with van der Waals surface area (Å²) in [7, 11) is 0. The molecule has 1 rings (SSSR count). The Kier molecular flexibility index (Phi) is 5.51. The third-order valence-corrected chi connectivity index (χ3v) is 2.71. The van der Waals surface area contributed by atoms with Crippen LogP contribution < -0.4 is 5.73 Å². The van der Waals surface area contributed by atoms with E-state index in [0.717, 1.165) is 5.56 Å². The molecule has 0 aliphatic heterocycles. The van der Waals surface area contributed by atoms with E-state index in [1.54, 1.807) is 6.07 Å². The van der Waals surface area contributed by atoms with Crippen molar-refractivity contribution in [2.24, 2.45) is 5.73 Å². The third kappa shape index (κ3) is 5.41. The fraction of sp³-hybridized carbons (Fsp3) is 0.533. The van der Waals surface area contributed by atoms with E-state index in [1.165, 1.54) is 0 Å². The standard InChI is InChI=1S/C15H22NO3/c1-15(2,3)19-14(18)8-13(9-16)12-6-4-5-11(7-12)10-17/h4-7,13H,8-10,16H2,1-3H3/t13-/m0/s1. The molecule has 0 amide bonds. The zero-order chi connectivity index (χ0) is 14.5. The number of hydrogen-bond donors (Lipinski definition) is 1. The molecule has 0 fully saturated rings. The maximum Gasteiger partial charge on any atom is 0.306 e. The SMILES string of the molecule is CC(C)(C)OC(=O)C[C@@H](CN)c1cccc(C[O])c1. The molecule has 1 radical (unpaired) electrons. The van der Waals surface area contributed by atoms with Crippen molar-refractivity contribution >= 4 is 5.97 Å². The van der Waals surface area contributed by atoms with Gasteiger partial charge in [0.05, 0.1) is 6.42 Å². The number of rotatable bonds is 5. The lowest BCUT2D eigenvalue weighted by Crippen LogP contribution is -2.26. The highest BCUT2D eigenvalue weighted by molar-refractivity contribution is 5.71. The van der Waals surface area contributed by atoms with Crippen LogP contribution in [0.3, 0.4) is 0 Å². The van der Waals surface area contributed by atoms with Gasteiger partial charge in [0.15, 0.2) is 0 Å². The molecule has 1 aromatic carbocycles. The summed E-state index contributed by atoms with van der Waals surface area (Å²) in [6.07, 6.45) is 0.232. The molecule has 0 aromatic heterocycles. The van der Waals surface area contributed by atoms with E-state index in [-0.39, 0.29) is 24.9 Å². The van der Waals surface area contributed by atoms with Crippen LogP contribution in [0.1, 0.15) is 44.2 Å². The minimum atomic E-state index is -0.493. The smallest absolute Gasteiger partial charge is 0.306 e. The normalized spacial score (nSPS) is 13.1. The van der Waals surface area contributed by atoms with Gasteiger partial charge in [-0.05, 0) is 38.4 Å². The molecule has 0 spiro atoms. The highest BCUT2D eigenvalue weighted by Gasteiger charge is 2.21. The molecule has 0 aliphatic rings. The van der Waals surface area contributed by atoms with E-state index >= 15 is 0 Å². The van der Waals surface area contributed by atoms with Crippen LogP contribution in [0.25, 0.3) is 0 Å². The van der Waals surface area contributed by atoms with Crippen molar-refractivity contribution in [2.75, 3.05) is 6.54 Å². The van der Waals surface area contributed by atoms with Gasteiger partial charge in [-0.3, -0.25) is 4.79 Å². The van der Waals surface area contributed by atoms with Crippen LogP contribution >= 0.6 is 0 Å². The van der Waals surface area contributed by atoms with Gasteiger partial charge in [-0.25, -0.2) is 5.11 Å². The van der Waals surface area contributed by atoms with E-state index in [0.29, 0.717) is 12.1 Å². The van der Waals surface area contributed by atoms with Gasteiger partial charge in [0.2, 0.25) is 0 Å². The Morgan fingerprint density at radius 2 is 2.05 bits per heavy atom. The molecule has 4 nitrogen and oxygen atoms in total. The third-order valence-electron chi connectivity index (χ3n) is 2.71. The fourth-order valence-electron chi connectivity index (χ4n) is 1.86. The monoisotopic (exact) mass is 264 g/mol. The first-order valence-corrected chi connectivity index (χ1v) is 6.44.